The average molecular weight is 439 g/mol. The van der Waals surface area contributed by atoms with E-state index >= 15 is 0 Å². The third kappa shape index (κ3) is 5.13. The highest BCUT2D eigenvalue weighted by Gasteiger charge is 2.22. The molecule has 31 heavy (non-hydrogen) atoms. The van der Waals surface area contributed by atoms with E-state index in [0.29, 0.717) is 21.8 Å². The third-order valence-electron chi connectivity index (χ3n) is 4.17. The lowest BCUT2D eigenvalue weighted by atomic mass is 10.1. The molecular weight excluding hydrogens is 418 g/mol. The van der Waals surface area contributed by atoms with Crippen molar-refractivity contribution in [3.63, 3.8) is 0 Å². The number of rotatable bonds is 7. The Morgan fingerprint density at radius 3 is 2.26 bits per heavy atom. The van der Waals surface area contributed by atoms with Gasteiger partial charge >= 0.3 is 11.9 Å². The fraction of sp³-hybridized carbons (Fsp3) is 0.227. The minimum atomic E-state index is -0.512. The second-order valence-electron chi connectivity index (χ2n) is 6.29. The van der Waals surface area contributed by atoms with Crippen LogP contribution in [-0.2, 0) is 9.47 Å². The fourth-order valence-electron chi connectivity index (χ4n) is 2.77. The third-order valence-corrected chi connectivity index (χ3v) is 5.12. The molecule has 0 aliphatic rings. The number of nitrogens with one attached hydrogen (secondary N) is 1. The summed E-state index contributed by atoms with van der Waals surface area (Å²) in [5, 5.41) is 2.91. The van der Waals surface area contributed by atoms with Crippen LogP contribution in [0.1, 0.15) is 50.1 Å². The molecule has 0 aliphatic heterocycles. The Kier molecular flexibility index (Phi) is 7.09. The number of ether oxygens (including phenoxy) is 2. The summed E-state index contributed by atoms with van der Waals surface area (Å²) in [5.41, 5.74) is 1.95. The summed E-state index contributed by atoms with van der Waals surface area (Å²) < 4.78 is 10.1. The van der Waals surface area contributed by atoms with E-state index in [1.165, 1.54) is 12.1 Å². The highest BCUT2D eigenvalue weighted by Crippen LogP contribution is 2.32. The number of carbonyl (C=O) groups is 3. The van der Waals surface area contributed by atoms with Crippen LogP contribution in [0.3, 0.4) is 0 Å². The summed E-state index contributed by atoms with van der Waals surface area (Å²) in [6, 6.07) is 12.1. The minimum Gasteiger partial charge on any atom is -0.462 e. The largest absolute Gasteiger partial charge is 0.462 e. The van der Waals surface area contributed by atoms with E-state index in [-0.39, 0.29) is 24.0 Å². The lowest BCUT2D eigenvalue weighted by Gasteiger charge is -2.07. The first kappa shape index (κ1) is 22.1. The molecule has 1 aromatic carbocycles. The summed E-state index contributed by atoms with van der Waals surface area (Å²) in [6.45, 7) is 5.53. The number of carbonyl (C=O) groups excluding carboxylic acids is 3. The van der Waals surface area contributed by atoms with Gasteiger partial charge in [-0.05, 0) is 32.9 Å². The van der Waals surface area contributed by atoms with E-state index in [1.807, 2.05) is 30.3 Å². The van der Waals surface area contributed by atoms with Crippen molar-refractivity contribution in [3.05, 3.63) is 64.3 Å². The molecule has 0 unspecified atom stereocenters. The molecule has 9 heteroatoms. The lowest BCUT2D eigenvalue weighted by molar-refractivity contribution is 0.0518. The van der Waals surface area contributed by atoms with Gasteiger partial charge in [0, 0.05) is 5.56 Å². The first-order chi connectivity index (χ1) is 14.9. The molecule has 0 aliphatic carbocycles. The fourth-order valence-corrected chi connectivity index (χ4v) is 3.65. The van der Waals surface area contributed by atoms with Crippen LogP contribution < -0.4 is 5.32 Å². The smallest absolute Gasteiger partial charge is 0.350 e. The first-order valence-corrected chi connectivity index (χ1v) is 10.5. The van der Waals surface area contributed by atoms with E-state index in [1.54, 1.807) is 20.8 Å². The number of nitrogens with zero attached hydrogens (tertiary/aromatic N) is 2. The molecule has 160 valence electrons. The van der Waals surface area contributed by atoms with Gasteiger partial charge in [0.2, 0.25) is 0 Å². The minimum absolute atomic E-state index is 0.111. The van der Waals surface area contributed by atoms with Crippen LogP contribution in [-0.4, -0.2) is 41.0 Å². The summed E-state index contributed by atoms with van der Waals surface area (Å²) in [6.07, 6.45) is 0. The van der Waals surface area contributed by atoms with Gasteiger partial charge in [-0.3, -0.25) is 10.1 Å². The SMILES string of the molecule is CCOC(=O)c1ccc(C(=O)Nc2nc(-c3ccccc3)c(C(=O)OCC)s2)nc1C. The Balaban J connectivity index is 1.87. The summed E-state index contributed by atoms with van der Waals surface area (Å²) in [7, 11) is 0. The van der Waals surface area contributed by atoms with Crippen LogP contribution in [0, 0.1) is 6.92 Å². The van der Waals surface area contributed by atoms with E-state index in [2.05, 4.69) is 15.3 Å². The molecule has 0 atom stereocenters. The van der Waals surface area contributed by atoms with Gasteiger partial charge in [-0.15, -0.1) is 0 Å². The van der Waals surface area contributed by atoms with Crippen molar-refractivity contribution in [1.82, 2.24) is 9.97 Å². The molecule has 3 rings (SSSR count). The summed E-state index contributed by atoms with van der Waals surface area (Å²) in [4.78, 5) is 45.9. The van der Waals surface area contributed by atoms with Crippen molar-refractivity contribution in [1.29, 1.82) is 0 Å². The molecule has 2 heterocycles. The van der Waals surface area contributed by atoms with Crippen LogP contribution in [0.5, 0.6) is 0 Å². The Bertz CT molecular complexity index is 1110. The summed E-state index contributed by atoms with van der Waals surface area (Å²) >= 11 is 1.02. The van der Waals surface area contributed by atoms with Crippen molar-refractivity contribution in [3.8, 4) is 11.3 Å². The number of anilines is 1. The quantitative estimate of drug-likeness (QED) is 0.552. The molecule has 8 nitrogen and oxygen atoms in total. The number of amides is 1. The first-order valence-electron chi connectivity index (χ1n) is 9.64. The molecule has 0 spiro atoms. The second kappa shape index (κ2) is 9.94. The number of aryl methyl sites for hydroxylation is 1. The van der Waals surface area contributed by atoms with Gasteiger partial charge in [0.05, 0.1) is 30.2 Å². The van der Waals surface area contributed by atoms with Crippen molar-refractivity contribution >= 4 is 34.3 Å². The maximum absolute atomic E-state index is 12.7. The van der Waals surface area contributed by atoms with Crippen molar-refractivity contribution < 1.29 is 23.9 Å². The lowest BCUT2D eigenvalue weighted by Crippen LogP contribution is -2.16. The zero-order chi connectivity index (χ0) is 22.4. The molecule has 1 N–H and O–H groups in total. The van der Waals surface area contributed by atoms with Crippen molar-refractivity contribution in [2.45, 2.75) is 20.8 Å². The van der Waals surface area contributed by atoms with Gasteiger partial charge in [-0.2, -0.15) is 0 Å². The molecule has 0 fully saturated rings. The number of thiazole rings is 1. The van der Waals surface area contributed by atoms with Gasteiger partial charge in [0.15, 0.2) is 5.13 Å². The highest BCUT2D eigenvalue weighted by atomic mass is 32.1. The van der Waals surface area contributed by atoms with Gasteiger partial charge in [0.25, 0.3) is 5.91 Å². The molecular formula is C22H21N3O5S. The van der Waals surface area contributed by atoms with E-state index in [4.69, 9.17) is 9.47 Å². The Labute approximate surface area is 183 Å². The van der Waals surface area contributed by atoms with Crippen LogP contribution in [0.15, 0.2) is 42.5 Å². The van der Waals surface area contributed by atoms with Crippen molar-refractivity contribution in [2.75, 3.05) is 18.5 Å². The molecule has 2 aromatic heterocycles. The number of hydrogen-bond donors (Lipinski definition) is 1. The zero-order valence-electron chi connectivity index (χ0n) is 17.3. The Morgan fingerprint density at radius 2 is 1.61 bits per heavy atom. The Hall–Kier alpha value is -3.59. The van der Waals surface area contributed by atoms with Crippen LogP contribution in [0.25, 0.3) is 11.3 Å². The van der Waals surface area contributed by atoms with Crippen LogP contribution in [0.2, 0.25) is 0 Å². The second-order valence-corrected chi connectivity index (χ2v) is 7.29. The topological polar surface area (TPSA) is 107 Å². The van der Waals surface area contributed by atoms with Crippen molar-refractivity contribution in [2.24, 2.45) is 0 Å². The molecule has 0 bridgehead atoms. The standard InChI is InChI=1S/C22H21N3O5S/c1-4-29-20(27)15-11-12-16(23-13(15)3)19(26)25-22-24-17(14-9-7-6-8-10-14)18(31-22)21(28)30-5-2/h6-12H,4-5H2,1-3H3,(H,24,25,26). The number of hydrogen-bond acceptors (Lipinski definition) is 8. The van der Waals surface area contributed by atoms with Crippen LogP contribution >= 0.6 is 11.3 Å². The zero-order valence-corrected chi connectivity index (χ0v) is 18.1. The predicted molar refractivity (Wildman–Crippen MR) is 116 cm³/mol. The average Bonchev–Trinajstić information content (AvgIpc) is 3.18. The number of pyridine rings is 1. The normalized spacial score (nSPS) is 10.4. The molecule has 0 radical (unpaired) electrons. The van der Waals surface area contributed by atoms with E-state index in [9.17, 15) is 14.4 Å². The maximum Gasteiger partial charge on any atom is 0.350 e. The Morgan fingerprint density at radius 1 is 0.935 bits per heavy atom. The number of esters is 2. The van der Waals surface area contributed by atoms with E-state index in [0.717, 1.165) is 16.9 Å². The molecule has 3 aromatic rings. The maximum atomic E-state index is 12.7. The summed E-state index contributed by atoms with van der Waals surface area (Å²) in [5.74, 6) is -1.51. The van der Waals surface area contributed by atoms with Gasteiger partial charge < -0.3 is 9.47 Å². The predicted octanol–water partition coefficient (Wildman–Crippen LogP) is 4.12. The molecule has 0 saturated carbocycles. The van der Waals surface area contributed by atoms with Gasteiger partial charge in [-0.1, -0.05) is 41.7 Å². The van der Waals surface area contributed by atoms with Gasteiger partial charge in [0.1, 0.15) is 10.6 Å². The number of aromatic nitrogens is 2. The molecule has 0 saturated heterocycles. The van der Waals surface area contributed by atoms with Gasteiger partial charge in [-0.25, -0.2) is 19.6 Å². The van der Waals surface area contributed by atoms with Crippen LogP contribution in [0.4, 0.5) is 5.13 Å². The highest BCUT2D eigenvalue weighted by molar-refractivity contribution is 7.18. The van der Waals surface area contributed by atoms with E-state index < -0.39 is 17.8 Å². The molecule has 1 amide bonds. The number of benzene rings is 1. The monoisotopic (exact) mass is 439 g/mol.